The van der Waals surface area contributed by atoms with E-state index in [1.807, 2.05) is 54.6 Å². The Morgan fingerprint density at radius 3 is 2.41 bits per heavy atom. The van der Waals surface area contributed by atoms with Crippen molar-refractivity contribution in [1.29, 1.82) is 0 Å². The van der Waals surface area contributed by atoms with Gasteiger partial charge in [-0.15, -0.1) is 0 Å². The Morgan fingerprint density at radius 2 is 1.68 bits per heavy atom. The average molecular weight is 507 g/mol. The molecular weight excluding hydrogens is 460 g/mol. The molecule has 2 aromatic carbocycles. The van der Waals surface area contributed by atoms with Crippen molar-refractivity contribution in [2.45, 2.75) is 77.2 Å². The summed E-state index contributed by atoms with van der Waals surface area (Å²) in [6.45, 7) is 3.58. The smallest absolute Gasteiger partial charge is 0.411 e. The molecule has 2 N–H and O–H groups in total. The summed E-state index contributed by atoms with van der Waals surface area (Å²) in [7, 11) is 2.15. The normalized spacial score (nSPS) is 18.9. The molecule has 5 heteroatoms. The van der Waals surface area contributed by atoms with Gasteiger partial charge in [0.25, 0.3) is 0 Å². The van der Waals surface area contributed by atoms with Crippen LogP contribution >= 0.6 is 0 Å². The summed E-state index contributed by atoms with van der Waals surface area (Å²) >= 11 is 0. The van der Waals surface area contributed by atoms with Crippen molar-refractivity contribution in [2.75, 3.05) is 25.5 Å². The van der Waals surface area contributed by atoms with Gasteiger partial charge in [-0.25, -0.2) is 4.79 Å². The number of carbonyl (C=O) groups is 1. The van der Waals surface area contributed by atoms with E-state index >= 15 is 0 Å². The van der Waals surface area contributed by atoms with Gasteiger partial charge >= 0.3 is 6.09 Å². The Morgan fingerprint density at radius 1 is 1.00 bits per heavy atom. The molecule has 1 aliphatic rings. The number of para-hydroxylation sites is 1. The summed E-state index contributed by atoms with van der Waals surface area (Å²) in [5.41, 5.74) is 2.83. The maximum atomic E-state index is 12.8. The largest absolute Gasteiger partial charge is 0.445 e. The summed E-state index contributed by atoms with van der Waals surface area (Å²) in [4.78, 5) is 15.0. The zero-order valence-electron chi connectivity index (χ0n) is 22.8. The molecule has 0 aliphatic heterocycles. The van der Waals surface area contributed by atoms with Crippen LogP contribution in [0.15, 0.2) is 66.9 Å². The van der Waals surface area contributed by atoms with E-state index in [1.54, 1.807) is 0 Å². The van der Waals surface area contributed by atoms with Crippen LogP contribution in [0.25, 0.3) is 11.1 Å². The summed E-state index contributed by atoms with van der Waals surface area (Å²) < 4.78 is 5.89. The van der Waals surface area contributed by atoms with Crippen LogP contribution < -0.4 is 5.32 Å². The van der Waals surface area contributed by atoms with Crippen LogP contribution in [0.1, 0.15) is 71.1 Å². The maximum Gasteiger partial charge on any atom is 0.411 e. The fraction of sp³-hybridized carbons (Fsp3) is 0.531. The molecule has 0 bridgehead atoms. The Balaban J connectivity index is 1.34. The van der Waals surface area contributed by atoms with Gasteiger partial charge in [0.1, 0.15) is 6.10 Å². The first-order chi connectivity index (χ1) is 18.1. The number of ether oxygens (including phenoxy) is 1. The van der Waals surface area contributed by atoms with Crippen LogP contribution in [-0.2, 0) is 4.74 Å². The van der Waals surface area contributed by atoms with Gasteiger partial charge in [-0.05, 0) is 61.8 Å². The first kappa shape index (κ1) is 28.8. The number of allylic oxidation sites excluding steroid dienone is 1. The van der Waals surface area contributed by atoms with Crippen molar-refractivity contribution in [3.63, 3.8) is 0 Å². The minimum Gasteiger partial charge on any atom is -0.445 e. The van der Waals surface area contributed by atoms with Crippen LogP contribution in [0.4, 0.5) is 10.5 Å². The quantitative estimate of drug-likeness (QED) is 0.227. The summed E-state index contributed by atoms with van der Waals surface area (Å²) in [6, 6.07) is 17.9. The highest BCUT2D eigenvalue weighted by atomic mass is 16.6. The molecule has 2 aromatic rings. The number of aliphatic hydroxyl groups is 1. The standard InChI is InChI=1S/C32H46N2O3/c1-26-25-28(19-13-15-23-34(2)22-14-6-4-3-5-7-16-24-35)31(26)37-32(36)33-30-21-12-11-20-29(30)27-17-9-8-10-18-27/h8-12,15,17-18,20-21,23,26,28,31,35H,3-7,13-14,16,19,22,24-25H2,1-2H3,(H,33,36)/b23-15-. The van der Waals surface area contributed by atoms with Gasteiger partial charge in [0, 0.05) is 25.8 Å². The molecule has 0 radical (unpaired) electrons. The van der Waals surface area contributed by atoms with Gasteiger partial charge in [0.15, 0.2) is 0 Å². The van der Waals surface area contributed by atoms with Crippen LogP contribution in [0.2, 0.25) is 0 Å². The summed E-state index contributed by atoms with van der Waals surface area (Å²) in [5, 5.41) is 11.8. The topological polar surface area (TPSA) is 61.8 Å². The maximum absolute atomic E-state index is 12.8. The number of aliphatic hydroxyl groups excluding tert-OH is 1. The highest BCUT2D eigenvalue weighted by Gasteiger charge is 2.40. The molecule has 37 heavy (non-hydrogen) atoms. The Kier molecular flexibility index (Phi) is 12.5. The number of nitrogens with zero attached hydrogens (tertiary/aromatic N) is 1. The van der Waals surface area contributed by atoms with Crippen LogP contribution in [-0.4, -0.2) is 42.4 Å². The highest BCUT2D eigenvalue weighted by Crippen LogP contribution is 2.40. The number of unbranched alkanes of at least 4 members (excludes halogenated alkanes) is 6. The van der Waals surface area contributed by atoms with E-state index in [2.05, 4.69) is 36.5 Å². The van der Waals surface area contributed by atoms with E-state index in [1.165, 1.54) is 32.1 Å². The van der Waals surface area contributed by atoms with Crippen molar-refractivity contribution >= 4 is 11.8 Å². The molecule has 5 nitrogen and oxygen atoms in total. The lowest BCUT2D eigenvalue weighted by Gasteiger charge is -2.42. The molecule has 1 saturated carbocycles. The molecule has 0 spiro atoms. The number of nitrogens with one attached hydrogen (secondary N) is 1. The van der Waals surface area contributed by atoms with Crippen molar-refractivity contribution in [1.82, 2.24) is 4.90 Å². The number of benzene rings is 2. The minimum absolute atomic E-state index is 0.0209. The minimum atomic E-state index is -0.367. The lowest BCUT2D eigenvalue weighted by Crippen LogP contribution is -2.44. The number of hydrogen-bond acceptors (Lipinski definition) is 4. The molecule has 3 unspecified atom stereocenters. The molecule has 3 rings (SSSR count). The van der Waals surface area contributed by atoms with Gasteiger partial charge < -0.3 is 14.7 Å². The van der Waals surface area contributed by atoms with E-state index in [0.29, 0.717) is 18.4 Å². The van der Waals surface area contributed by atoms with E-state index in [9.17, 15) is 4.79 Å². The molecule has 0 aromatic heterocycles. The van der Waals surface area contributed by atoms with E-state index in [0.717, 1.165) is 55.5 Å². The van der Waals surface area contributed by atoms with Gasteiger partial charge in [0.05, 0.1) is 5.69 Å². The summed E-state index contributed by atoms with van der Waals surface area (Å²) in [6.07, 6.45) is 15.6. The molecule has 1 fully saturated rings. The second kappa shape index (κ2) is 16.1. The Labute approximate surface area is 223 Å². The van der Waals surface area contributed by atoms with Crippen molar-refractivity contribution < 1.29 is 14.6 Å². The molecule has 1 aliphatic carbocycles. The Hall–Kier alpha value is -2.79. The third-order valence-corrected chi connectivity index (χ3v) is 7.42. The predicted octanol–water partition coefficient (Wildman–Crippen LogP) is 7.88. The van der Waals surface area contributed by atoms with Crippen molar-refractivity contribution in [3.05, 3.63) is 66.9 Å². The first-order valence-electron chi connectivity index (χ1n) is 14.2. The third kappa shape index (κ3) is 9.88. The van der Waals surface area contributed by atoms with E-state index in [-0.39, 0.29) is 12.2 Å². The lowest BCUT2D eigenvalue weighted by atomic mass is 9.71. The lowest BCUT2D eigenvalue weighted by molar-refractivity contribution is -0.0423. The van der Waals surface area contributed by atoms with Gasteiger partial charge in [-0.1, -0.05) is 93.6 Å². The molecule has 202 valence electrons. The first-order valence-corrected chi connectivity index (χ1v) is 14.2. The average Bonchev–Trinajstić information content (AvgIpc) is 2.91. The fourth-order valence-electron chi connectivity index (χ4n) is 5.23. The molecular formula is C32H46N2O3. The zero-order valence-corrected chi connectivity index (χ0v) is 22.8. The van der Waals surface area contributed by atoms with Crippen LogP contribution in [0.5, 0.6) is 0 Å². The van der Waals surface area contributed by atoms with Gasteiger partial charge in [-0.3, -0.25) is 5.32 Å². The fourth-order valence-corrected chi connectivity index (χ4v) is 5.23. The zero-order chi connectivity index (χ0) is 26.3. The van der Waals surface area contributed by atoms with Gasteiger partial charge in [0.2, 0.25) is 0 Å². The van der Waals surface area contributed by atoms with E-state index < -0.39 is 0 Å². The monoisotopic (exact) mass is 506 g/mol. The predicted molar refractivity (Wildman–Crippen MR) is 153 cm³/mol. The molecule has 0 heterocycles. The van der Waals surface area contributed by atoms with Crippen LogP contribution in [0, 0.1) is 11.8 Å². The van der Waals surface area contributed by atoms with Gasteiger partial charge in [-0.2, -0.15) is 0 Å². The van der Waals surface area contributed by atoms with Crippen molar-refractivity contribution in [2.24, 2.45) is 11.8 Å². The van der Waals surface area contributed by atoms with E-state index in [4.69, 9.17) is 9.84 Å². The number of carbonyl (C=O) groups excluding carboxylic acids is 1. The number of anilines is 1. The molecule has 1 amide bonds. The molecule has 3 atom stereocenters. The second-order valence-electron chi connectivity index (χ2n) is 10.5. The van der Waals surface area contributed by atoms with Crippen molar-refractivity contribution in [3.8, 4) is 11.1 Å². The third-order valence-electron chi connectivity index (χ3n) is 7.42. The number of amides is 1. The number of hydrogen-bond donors (Lipinski definition) is 2. The Bertz CT molecular complexity index is 946. The highest BCUT2D eigenvalue weighted by molar-refractivity contribution is 5.91. The summed E-state index contributed by atoms with van der Waals surface area (Å²) in [5.74, 6) is 0.821. The molecule has 0 saturated heterocycles. The second-order valence-corrected chi connectivity index (χ2v) is 10.5. The van der Waals surface area contributed by atoms with Crippen LogP contribution in [0.3, 0.4) is 0 Å². The SMILES string of the molecule is CC1CC(CC/C=C\N(C)CCCCCCCCCO)C1OC(=O)Nc1ccccc1-c1ccccc1. The number of rotatable bonds is 16.